The lowest BCUT2D eigenvalue weighted by Gasteiger charge is -2.11. The molecular formula is C24H22N6O3. The molecule has 0 unspecified atom stereocenters. The molecule has 0 fully saturated rings. The third-order valence-electron chi connectivity index (χ3n) is 5.00. The van der Waals surface area contributed by atoms with Crippen molar-refractivity contribution in [2.75, 3.05) is 24.3 Å². The quantitative estimate of drug-likeness (QED) is 0.341. The Morgan fingerprint density at radius 1 is 1.06 bits per heavy atom. The van der Waals surface area contributed by atoms with Crippen molar-refractivity contribution in [2.24, 2.45) is 0 Å². The average Bonchev–Trinajstić information content (AvgIpc) is 3.23. The molecule has 9 heteroatoms. The van der Waals surface area contributed by atoms with E-state index in [1.165, 1.54) is 12.1 Å². The van der Waals surface area contributed by atoms with Gasteiger partial charge in [-0.15, -0.1) is 0 Å². The number of aromatic nitrogens is 3. The number of anilines is 2. The van der Waals surface area contributed by atoms with Gasteiger partial charge in [0.15, 0.2) is 0 Å². The molecule has 0 aliphatic carbocycles. The van der Waals surface area contributed by atoms with Gasteiger partial charge in [0.25, 0.3) is 5.69 Å². The smallest absolute Gasteiger partial charge is 0.269 e. The molecule has 2 aromatic heterocycles. The first kappa shape index (κ1) is 21.7. The first-order chi connectivity index (χ1) is 15.9. The summed E-state index contributed by atoms with van der Waals surface area (Å²) in [6.45, 7) is 0. The number of para-hydroxylation sites is 1. The van der Waals surface area contributed by atoms with Gasteiger partial charge in [-0.3, -0.25) is 14.9 Å². The zero-order valence-corrected chi connectivity index (χ0v) is 18.2. The summed E-state index contributed by atoms with van der Waals surface area (Å²) in [5, 5.41) is 18.5. The second-order valence-electron chi connectivity index (χ2n) is 7.61. The van der Waals surface area contributed by atoms with Gasteiger partial charge in [-0.25, -0.2) is 9.67 Å². The Balaban J connectivity index is 1.62. The number of hydrogen-bond donors (Lipinski definition) is 1. The molecule has 1 N–H and O–H groups in total. The van der Waals surface area contributed by atoms with Gasteiger partial charge in [0.2, 0.25) is 5.91 Å². The molecule has 4 rings (SSSR count). The number of nitro benzene ring substituents is 1. The van der Waals surface area contributed by atoms with Crippen molar-refractivity contribution < 1.29 is 9.72 Å². The molecule has 4 aromatic rings. The van der Waals surface area contributed by atoms with Gasteiger partial charge in [-0.05, 0) is 36.4 Å². The Hall–Kier alpha value is -4.53. The number of carbonyl (C=O) groups is 1. The molecule has 166 valence electrons. The average molecular weight is 442 g/mol. The van der Waals surface area contributed by atoms with E-state index in [1.807, 2.05) is 55.4 Å². The zero-order chi connectivity index (χ0) is 23.4. The molecular weight excluding hydrogens is 420 g/mol. The van der Waals surface area contributed by atoms with Crippen molar-refractivity contribution in [3.8, 4) is 16.9 Å². The number of nitrogens with one attached hydrogen (secondary N) is 1. The van der Waals surface area contributed by atoms with E-state index in [4.69, 9.17) is 0 Å². The van der Waals surface area contributed by atoms with Gasteiger partial charge < -0.3 is 10.2 Å². The predicted molar refractivity (Wildman–Crippen MR) is 127 cm³/mol. The van der Waals surface area contributed by atoms with Gasteiger partial charge in [-0.1, -0.05) is 18.2 Å². The molecule has 0 saturated heterocycles. The van der Waals surface area contributed by atoms with Crippen LogP contribution in [-0.4, -0.2) is 39.7 Å². The lowest BCUT2D eigenvalue weighted by atomic mass is 10.1. The second kappa shape index (κ2) is 9.31. The number of pyridine rings is 1. The molecule has 0 aliphatic rings. The Bertz CT molecular complexity index is 1270. The summed E-state index contributed by atoms with van der Waals surface area (Å²) in [7, 11) is 3.79. The highest BCUT2D eigenvalue weighted by Gasteiger charge is 2.17. The third kappa shape index (κ3) is 5.04. The number of non-ortho nitro benzene ring substituents is 1. The van der Waals surface area contributed by atoms with Gasteiger partial charge in [0.05, 0.1) is 34.6 Å². The third-order valence-corrected chi connectivity index (χ3v) is 5.00. The van der Waals surface area contributed by atoms with E-state index < -0.39 is 4.92 Å². The Morgan fingerprint density at radius 2 is 1.79 bits per heavy atom. The van der Waals surface area contributed by atoms with Crippen LogP contribution in [0.25, 0.3) is 16.9 Å². The highest BCUT2D eigenvalue weighted by Crippen LogP contribution is 2.26. The Kier molecular flexibility index (Phi) is 6.12. The van der Waals surface area contributed by atoms with Crippen molar-refractivity contribution in [1.29, 1.82) is 0 Å². The molecule has 33 heavy (non-hydrogen) atoms. The molecule has 2 heterocycles. The summed E-state index contributed by atoms with van der Waals surface area (Å²) in [4.78, 5) is 29.5. The maximum absolute atomic E-state index is 12.8. The number of benzene rings is 2. The summed E-state index contributed by atoms with van der Waals surface area (Å²) in [5.41, 5.74) is 3.41. The van der Waals surface area contributed by atoms with E-state index >= 15 is 0 Å². The summed E-state index contributed by atoms with van der Waals surface area (Å²) in [6.07, 6.45) is 3.49. The number of nitrogens with zero attached hydrogens (tertiary/aromatic N) is 5. The number of carbonyl (C=O) groups excluding carboxylic acids is 1. The van der Waals surface area contributed by atoms with Gasteiger partial charge in [-0.2, -0.15) is 5.10 Å². The minimum absolute atomic E-state index is 0.00536. The largest absolute Gasteiger partial charge is 0.363 e. The molecule has 0 atom stereocenters. The normalized spacial score (nSPS) is 10.6. The van der Waals surface area contributed by atoms with Crippen LogP contribution in [0.3, 0.4) is 0 Å². The van der Waals surface area contributed by atoms with Crippen molar-refractivity contribution in [2.45, 2.75) is 6.42 Å². The van der Waals surface area contributed by atoms with E-state index in [9.17, 15) is 14.9 Å². The highest BCUT2D eigenvalue weighted by atomic mass is 16.6. The molecule has 0 saturated carbocycles. The van der Waals surface area contributed by atoms with Crippen molar-refractivity contribution in [3.63, 3.8) is 0 Å². The number of rotatable bonds is 7. The lowest BCUT2D eigenvalue weighted by molar-refractivity contribution is -0.384. The van der Waals surface area contributed by atoms with Gasteiger partial charge >= 0.3 is 0 Å². The van der Waals surface area contributed by atoms with E-state index in [0.29, 0.717) is 22.5 Å². The second-order valence-corrected chi connectivity index (χ2v) is 7.61. The monoisotopic (exact) mass is 442 g/mol. The molecule has 9 nitrogen and oxygen atoms in total. The first-order valence-corrected chi connectivity index (χ1v) is 10.2. The van der Waals surface area contributed by atoms with E-state index in [-0.39, 0.29) is 18.0 Å². The van der Waals surface area contributed by atoms with Crippen LogP contribution >= 0.6 is 0 Å². The molecule has 0 bridgehead atoms. The minimum Gasteiger partial charge on any atom is -0.363 e. The van der Waals surface area contributed by atoms with Crippen LogP contribution in [0, 0.1) is 10.1 Å². The van der Waals surface area contributed by atoms with Crippen LogP contribution in [0.4, 0.5) is 17.2 Å². The highest BCUT2D eigenvalue weighted by molar-refractivity contribution is 5.93. The molecule has 0 spiro atoms. The standard InChI is InChI=1S/C24H22N6O3/c1-28(2)22-13-10-19(15-25-22)26-23(31)14-18-16-29(20-6-4-3-5-7-20)27-24(18)17-8-11-21(12-9-17)30(32)33/h3-13,15-16H,14H2,1-2H3,(H,26,31). The van der Waals surface area contributed by atoms with Crippen LogP contribution in [0.2, 0.25) is 0 Å². The van der Waals surface area contributed by atoms with Crippen molar-refractivity contribution in [1.82, 2.24) is 14.8 Å². The lowest BCUT2D eigenvalue weighted by Crippen LogP contribution is -2.15. The minimum atomic E-state index is -0.448. The molecule has 2 aromatic carbocycles. The maximum atomic E-state index is 12.8. The van der Waals surface area contributed by atoms with Crippen LogP contribution in [0.5, 0.6) is 0 Å². The van der Waals surface area contributed by atoms with Crippen LogP contribution in [-0.2, 0) is 11.2 Å². The first-order valence-electron chi connectivity index (χ1n) is 10.2. The van der Waals surface area contributed by atoms with Crippen LogP contribution in [0.15, 0.2) is 79.1 Å². The van der Waals surface area contributed by atoms with Gasteiger partial charge in [0, 0.05) is 43.6 Å². The van der Waals surface area contributed by atoms with E-state index in [1.54, 1.807) is 35.3 Å². The number of hydrogen-bond acceptors (Lipinski definition) is 6. The van der Waals surface area contributed by atoms with E-state index in [0.717, 1.165) is 11.5 Å². The maximum Gasteiger partial charge on any atom is 0.269 e. The van der Waals surface area contributed by atoms with Gasteiger partial charge in [0.1, 0.15) is 5.82 Å². The van der Waals surface area contributed by atoms with E-state index in [2.05, 4.69) is 15.4 Å². The molecule has 0 aliphatic heterocycles. The SMILES string of the molecule is CN(C)c1ccc(NC(=O)Cc2cn(-c3ccccc3)nc2-c2ccc([N+](=O)[O-])cc2)cn1. The number of amides is 1. The van der Waals surface area contributed by atoms with Crippen LogP contribution < -0.4 is 10.2 Å². The fraction of sp³-hybridized carbons (Fsp3) is 0.125. The topological polar surface area (TPSA) is 106 Å². The van der Waals surface area contributed by atoms with Crippen molar-refractivity contribution >= 4 is 23.1 Å². The fourth-order valence-electron chi connectivity index (χ4n) is 3.34. The fourth-order valence-corrected chi connectivity index (χ4v) is 3.34. The number of nitro groups is 1. The molecule has 1 amide bonds. The summed E-state index contributed by atoms with van der Waals surface area (Å²) < 4.78 is 1.70. The Labute approximate surface area is 190 Å². The molecule has 0 radical (unpaired) electrons. The van der Waals surface area contributed by atoms with Crippen LogP contribution in [0.1, 0.15) is 5.56 Å². The summed E-state index contributed by atoms with van der Waals surface area (Å²) >= 11 is 0. The Morgan fingerprint density at radius 3 is 2.39 bits per heavy atom. The summed E-state index contributed by atoms with van der Waals surface area (Å²) in [5.74, 6) is 0.572. The summed E-state index contributed by atoms with van der Waals surface area (Å²) in [6, 6.07) is 19.3. The predicted octanol–water partition coefficient (Wildman–Crippen LogP) is 4.09. The van der Waals surface area contributed by atoms with Crippen molar-refractivity contribution in [3.05, 3.63) is 94.8 Å². The zero-order valence-electron chi connectivity index (χ0n) is 18.2.